The lowest BCUT2D eigenvalue weighted by Gasteiger charge is -2.22. The molecule has 0 aliphatic heterocycles. The van der Waals surface area contributed by atoms with E-state index in [4.69, 9.17) is 9.90 Å². The first-order valence-corrected chi connectivity index (χ1v) is 13.7. The van der Waals surface area contributed by atoms with Gasteiger partial charge in [-0.2, -0.15) is 18.3 Å². The molecule has 2 aromatic heterocycles. The zero-order chi connectivity index (χ0) is 31.3. The highest BCUT2D eigenvalue weighted by Crippen LogP contribution is 2.28. The third kappa shape index (κ3) is 8.42. The Morgan fingerprint density at radius 2 is 1.68 bits per heavy atom. The number of carboxylic acid groups (broad SMARTS) is 2. The van der Waals surface area contributed by atoms with E-state index in [1.807, 2.05) is 44.2 Å². The molecule has 0 bridgehead atoms. The Morgan fingerprint density at radius 3 is 2.17 bits per heavy atom. The summed E-state index contributed by atoms with van der Waals surface area (Å²) in [6.45, 7) is 11.1. The maximum atomic E-state index is 13.1. The molecule has 0 atom stereocenters. The molecule has 41 heavy (non-hydrogen) atoms. The van der Waals surface area contributed by atoms with Crippen LogP contribution in [0.4, 0.5) is 24.7 Å². The van der Waals surface area contributed by atoms with Crippen LogP contribution >= 0.6 is 0 Å². The summed E-state index contributed by atoms with van der Waals surface area (Å²) in [4.78, 5) is 26.6. The van der Waals surface area contributed by atoms with E-state index in [0.717, 1.165) is 34.6 Å². The first kappa shape index (κ1) is 33.1. The molecule has 1 aromatic carbocycles. The molecule has 3 N–H and O–H groups in total. The minimum absolute atomic E-state index is 0.100. The van der Waals surface area contributed by atoms with Gasteiger partial charge in [-0.1, -0.05) is 6.07 Å². The van der Waals surface area contributed by atoms with Gasteiger partial charge in [-0.05, 0) is 75.9 Å². The van der Waals surface area contributed by atoms with Crippen LogP contribution in [-0.4, -0.2) is 65.1 Å². The van der Waals surface area contributed by atoms with Gasteiger partial charge in [-0.3, -0.25) is 9.40 Å². The van der Waals surface area contributed by atoms with Crippen molar-refractivity contribution in [2.24, 2.45) is 0 Å². The van der Waals surface area contributed by atoms with Gasteiger partial charge >= 0.3 is 18.1 Å². The second kappa shape index (κ2) is 13.0. The fraction of sp³-hybridized carbons (Fsp3) is 0.385. The largest absolute Gasteiger partial charge is 0.490 e. The summed E-state index contributed by atoms with van der Waals surface area (Å²) in [5, 5.41) is 21.1. The average molecular weight is 600 g/mol. The van der Waals surface area contributed by atoms with Crippen LogP contribution in [0.25, 0.3) is 0 Å². The highest BCUT2D eigenvalue weighted by atomic mass is 32.2. The number of aliphatic carboxylic acids is 1. The van der Waals surface area contributed by atoms with Crippen LogP contribution in [0.5, 0.6) is 0 Å². The molecule has 0 aliphatic carbocycles. The van der Waals surface area contributed by atoms with Crippen LogP contribution in [0.3, 0.4) is 0 Å². The molecule has 0 saturated heterocycles. The summed E-state index contributed by atoms with van der Waals surface area (Å²) in [6, 6.07) is 6.15. The number of carbonyl (C=O) groups is 2. The van der Waals surface area contributed by atoms with Crippen LogP contribution in [0.1, 0.15) is 45.4 Å². The Labute approximate surface area is 235 Å². The zero-order valence-electron chi connectivity index (χ0n) is 23.4. The van der Waals surface area contributed by atoms with Gasteiger partial charge < -0.3 is 15.1 Å². The van der Waals surface area contributed by atoms with Crippen LogP contribution in [-0.2, 0) is 27.8 Å². The van der Waals surface area contributed by atoms with E-state index >= 15 is 0 Å². The maximum Gasteiger partial charge on any atom is 0.490 e. The van der Waals surface area contributed by atoms with E-state index in [1.54, 1.807) is 19.2 Å². The molecule has 0 spiro atoms. The second-order valence-corrected chi connectivity index (χ2v) is 10.9. The van der Waals surface area contributed by atoms with Crippen molar-refractivity contribution in [3.63, 3.8) is 0 Å². The van der Waals surface area contributed by atoms with Crippen molar-refractivity contribution in [1.82, 2.24) is 14.8 Å². The summed E-state index contributed by atoms with van der Waals surface area (Å²) in [5.41, 5.74) is 5.01. The van der Waals surface area contributed by atoms with E-state index in [1.165, 1.54) is 18.3 Å². The molecule has 0 saturated carbocycles. The summed E-state index contributed by atoms with van der Waals surface area (Å²) < 4.78 is 62.5. The molecule has 3 rings (SSSR count). The number of carboxylic acids is 2. The Balaban J connectivity index is 0.000000745. The van der Waals surface area contributed by atoms with Crippen LogP contribution in [0, 0.1) is 27.7 Å². The normalized spacial score (nSPS) is 11.4. The number of pyridine rings is 1. The third-order valence-corrected chi connectivity index (χ3v) is 7.64. The quantitative estimate of drug-likeness (QED) is 0.326. The number of anilines is 2. The SMILES string of the molecule is CCn1nc(C)c(CCN(C)c2ncc(C(=O)O)cc2NS(=O)(=O)c2ccc(C)c(C)c2)c1C.O=C(O)C(F)(F)F. The molecule has 0 amide bonds. The van der Waals surface area contributed by atoms with Crippen molar-refractivity contribution in [1.29, 1.82) is 0 Å². The first-order chi connectivity index (χ1) is 18.9. The number of benzene rings is 1. The lowest BCUT2D eigenvalue weighted by Crippen LogP contribution is -2.25. The van der Waals surface area contributed by atoms with Crippen molar-refractivity contribution < 1.29 is 41.4 Å². The van der Waals surface area contributed by atoms with Crippen molar-refractivity contribution in [2.45, 2.75) is 58.7 Å². The van der Waals surface area contributed by atoms with E-state index in [-0.39, 0.29) is 16.1 Å². The molecule has 11 nitrogen and oxygen atoms in total. The fourth-order valence-corrected chi connectivity index (χ4v) is 4.96. The second-order valence-electron chi connectivity index (χ2n) is 9.19. The highest BCUT2D eigenvalue weighted by molar-refractivity contribution is 7.92. The van der Waals surface area contributed by atoms with Crippen molar-refractivity contribution in [3.8, 4) is 0 Å². The molecular weight excluding hydrogens is 567 g/mol. The lowest BCUT2D eigenvalue weighted by molar-refractivity contribution is -0.192. The molecule has 0 aliphatic rings. The molecule has 224 valence electrons. The van der Waals surface area contributed by atoms with Crippen LogP contribution < -0.4 is 9.62 Å². The number of sulfonamides is 1. The van der Waals surface area contributed by atoms with Crippen molar-refractivity contribution in [3.05, 3.63) is 64.1 Å². The van der Waals surface area contributed by atoms with Crippen molar-refractivity contribution in [2.75, 3.05) is 23.2 Å². The first-order valence-electron chi connectivity index (χ1n) is 12.3. The van der Waals surface area contributed by atoms with Gasteiger partial charge in [0, 0.05) is 32.0 Å². The molecule has 0 fully saturated rings. The maximum absolute atomic E-state index is 13.1. The fourth-order valence-electron chi connectivity index (χ4n) is 3.83. The van der Waals surface area contributed by atoms with Gasteiger partial charge in [0.1, 0.15) is 0 Å². The van der Waals surface area contributed by atoms with E-state index < -0.39 is 28.1 Å². The minimum Gasteiger partial charge on any atom is -0.478 e. The molecule has 0 radical (unpaired) electrons. The number of nitrogens with one attached hydrogen (secondary N) is 1. The van der Waals surface area contributed by atoms with E-state index in [9.17, 15) is 31.5 Å². The van der Waals surface area contributed by atoms with Crippen LogP contribution in [0.15, 0.2) is 35.4 Å². The average Bonchev–Trinajstić information content (AvgIpc) is 3.15. The number of rotatable bonds is 9. The molecule has 0 unspecified atom stereocenters. The summed E-state index contributed by atoms with van der Waals surface area (Å²) >= 11 is 0. The molecule has 3 aromatic rings. The number of alkyl halides is 3. The Morgan fingerprint density at radius 1 is 1.07 bits per heavy atom. The summed E-state index contributed by atoms with van der Waals surface area (Å²) in [7, 11) is -2.16. The van der Waals surface area contributed by atoms with Gasteiger partial charge in [0.15, 0.2) is 5.82 Å². The number of aromatic nitrogens is 3. The van der Waals surface area contributed by atoms with Gasteiger partial charge in [0.2, 0.25) is 0 Å². The van der Waals surface area contributed by atoms with Gasteiger partial charge in [0.25, 0.3) is 10.0 Å². The number of likely N-dealkylation sites (N-methyl/N-ethyl adjacent to an activating group) is 1. The molecular formula is C26H32F3N5O6S. The van der Waals surface area contributed by atoms with Gasteiger partial charge in [-0.15, -0.1) is 0 Å². The number of hydrogen-bond donors (Lipinski definition) is 3. The van der Waals surface area contributed by atoms with E-state index in [2.05, 4.69) is 14.8 Å². The predicted molar refractivity (Wildman–Crippen MR) is 146 cm³/mol. The van der Waals surface area contributed by atoms with E-state index in [0.29, 0.717) is 18.8 Å². The Hall–Kier alpha value is -4.14. The van der Waals surface area contributed by atoms with Crippen molar-refractivity contribution >= 4 is 33.5 Å². The van der Waals surface area contributed by atoms with Gasteiger partial charge in [0.05, 0.1) is 21.8 Å². The third-order valence-electron chi connectivity index (χ3n) is 6.28. The number of halogens is 3. The lowest BCUT2D eigenvalue weighted by atomic mass is 10.1. The minimum atomic E-state index is -5.08. The predicted octanol–water partition coefficient (Wildman–Crippen LogP) is 4.34. The number of aryl methyl sites for hydroxylation is 4. The number of aromatic carboxylic acids is 1. The van der Waals surface area contributed by atoms with Gasteiger partial charge in [-0.25, -0.2) is 23.0 Å². The molecule has 15 heteroatoms. The monoisotopic (exact) mass is 599 g/mol. The zero-order valence-corrected chi connectivity index (χ0v) is 24.2. The smallest absolute Gasteiger partial charge is 0.478 e. The Bertz CT molecular complexity index is 1540. The summed E-state index contributed by atoms with van der Waals surface area (Å²) in [5.74, 6) is -3.60. The van der Waals surface area contributed by atoms with Crippen LogP contribution in [0.2, 0.25) is 0 Å². The standard InChI is InChI=1S/C24H31N5O4S.C2HF3O2/c1-7-29-18(5)21(17(4)26-29)10-11-28(6)23-22(13-19(14-25-23)24(30)31)27-34(32,33)20-9-8-15(2)16(3)12-20;3-2(4,5)1(6)7/h8-9,12-14,27H,7,10-11H2,1-6H3,(H,30,31);(H,6,7). The summed E-state index contributed by atoms with van der Waals surface area (Å²) in [6.07, 6.45) is -3.17. The molecule has 2 heterocycles. The topological polar surface area (TPSA) is 155 Å². The highest BCUT2D eigenvalue weighted by Gasteiger charge is 2.38. The Kier molecular flexibility index (Phi) is 10.5. The number of hydrogen-bond acceptors (Lipinski definition) is 7. The number of nitrogens with zero attached hydrogens (tertiary/aromatic N) is 4.